The molecule has 0 radical (unpaired) electrons. The molecule has 0 saturated carbocycles. The van der Waals surface area contributed by atoms with Crippen molar-refractivity contribution in [1.29, 1.82) is 0 Å². The number of carbonyl (C=O) groups excluding carboxylic acids is 1. The summed E-state index contributed by atoms with van der Waals surface area (Å²) >= 11 is 5.81. The zero-order valence-corrected chi connectivity index (χ0v) is 14.1. The van der Waals surface area contributed by atoms with Crippen LogP contribution in [0.2, 0.25) is 5.02 Å². The summed E-state index contributed by atoms with van der Waals surface area (Å²) in [4.78, 5) is 12.0. The maximum atomic E-state index is 12.0. The molecule has 4 nitrogen and oxygen atoms in total. The Kier molecular flexibility index (Phi) is 5.06. The monoisotopic (exact) mass is 330 g/mol. The molecule has 0 heterocycles. The van der Waals surface area contributed by atoms with E-state index >= 15 is 0 Å². The normalized spacial score (nSPS) is 11.7. The van der Waals surface area contributed by atoms with Crippen LogP contribution in [0.15, 0.2) is 47.6 Å². The van der Waals surface area contributed by atoms with Gasteiger partial charge in [0.25, 0.3) is 5.91 Å². The number of halogens is 1. The average molecular weight is 331 g/mol. The summed E-state index contributed by atoms with van der Waals surface area (Å²) in [6.45, 7) is 6.44. The number of aromatic hydroxyl groups is 1. The second-order valence-electron chi connectivity index (χ2n) is 6.23. The Balaban J connectivity index is 2.04. The minimum absolute atomic E-state index is 0.0812. The highest BCUT2D eigenvalue weighted by Gasteiger charge is 2.13. The van der Waals surface area contributed by atoms with Crippen LogP contribution < -0.4 is 5.43 Å². The Morgan fingerprint density at radius 2 is 1.83 bits per heavy atom. The van der Waals surface area contributed by atoms with Gasteiger partial charge in [0.15, 0.2) is 0 Å². The molecular weight excluding hydrogens is 312 g/mol. The number of hydrogen-bond donors (Lipinski definition) is 2. The van der Waals surface area contributed by atoms with E-state index in [2.05, 4.69) is 31.3 Å². The van der Waals surface area contributed by atoms with Gasteiger partial charge in [0.1, 0.15) is 5.75 Å². The third-order valence-corrected chi connectivity index (χ3v) is 3.59. The molecule has 2 aromatic carbocycles. The number of carbonyl (C=O) groups is 1. The highest BCUT2D eigenvalue weighted by atomic mass is 35.5. The Hall–Kier alpha value is -2.33. The van der Waals surface area contributed by atoms with Crippen molar-refractivity contribution >= 4 is 23.7 Å². The van der Waals surface area contributed by atoms with Gasteiger partial charge in [-0.05, 0) is 34.7 Å². The molecule has 0 aromatic heterocycles. The first-order valence-corrected chi connectivity index (χ1v) is 7.57. The molecule has 0 unspecified atom stereocenters. The number of rotatable bonds is 3. The largest absolute Gasteiger partial charge is 0.507 e. The van der Waals surface area contributed by atoms with Gasteiger partial charge in [-0.25, -0.2) is 5.43 Å². The Labute approximate surface area is 140 Å². The van der Waals surface area contributed by atoms with Crippen molar-refractivity contribution in [2.45, 2.75) is 26.2 Å². The molecule has 0 aliphatic carbocycles. The molecule has 5 heteroatoms. The maximum absolute atomic E-state index is 12.0. The molecule has 2 aromatic rings. The van der Waals surface area contributed by atoms with Crippen molar-refractivity contribution in [2.75, 3.05) is 0 Å². The Morgan fingerprint density at radius 3 is 2.43 bits per heavy atom. The molecule has 1 amide bonds. The molecule has 0 spiro atoms. The predicted octanol–water partition coefficient (Wildman–Crippen LogP) is 4.11. The lowest BCUT2D eigenvalue weighted by molar-refractivity contribution is 0.0952. The molecule has 0 aliphatic heterocycles. The molecule has 23 heavy (non-hydrogen) atoms. The van der Waals surface area contributed by atoms with Gasteiger partial charge in [-0.15, -0.1) is 0 Å². The van der Waals surface area contributed by atoms with Crippen LogP contribution in [-0.2, 0) is 5.41 Å². The van der Waals surface area contributed by atoms with E-state index in [0.29, 0.717) is 5.02 Å². The van der Waals surface area contributed by atoms with Crippen molar-refractivity contribution in [3.05, 3.63) is 64.2 Å². The van der Waals surface area contributed by atoms with Crippen molar-refractivity contribution in [2.24, 2.45) is 5.10 Å². The lowest BCUT2D eigenvalue weighted by Gasteiger charge is -2.18. The van der Waals surface area contributed by atoms with E-state index in [1.54, 1.807) is 6.21 Å². The maximum Gasteiger partial charge on any atom is 0.275 e. The highest BCUT2D eigenvalue weighted by molar-refractivity contribution is 6.31. The van der Waals surface area contributed by atoms with Gasteiger partial charge in [-0.1, -0.05) is 56.6 Å². The number of hydrazone groups is 1. The van der Waals surface area contributed by atoms with Crippen LogP contribution in [0.4, 0.5) is 0 Å². The number of phenols is 1. The topological polar surface area (TPSA) is 61.7 Å². The van der Waals surface area contributed by atoms with Crippen LogP contribution in [0.5, 0.6) is 5.75 Å². The van der Waals surface area contributed by atoms with Crippen LogP contribution in [0.25, 0.3) is 0 Å². The van der Waals surface area contributed by atoms with Crippen LogP contribution in [-0.4, -0.2) is 17.2 Å². The fraction of sp³-hybridized carbons (Fsp3) is 0.222. The summed E-state index contributed by atoms with van der Waals surface area (Å²) in [7, 11) is 0. The fourth-order valence-corrected chi connectivity index (χ4v) is 2.16. The summed E-state index contributed by atoms with van der Waals surface area (Å²) < 4.78 is 0. The minimum Gasteiger partial charge on any atom is -0.507 e. The summed E-state index contributed by atoms with van der Waals surface area (Å²) in [5.41, 5.74) is 4.64. The van der Waals surface area contributed by atoms with Gasteiger partial charge in [0.2, 0.25) is 0 Å². The second-order valence-corrected chi connectivity index (χ2v) is 6.67. The van der Waals surface area contributed by atoms with Gasteiger partial charge in [-0.3, -0.25) is 4.79 Å². The molecule has 2 N–H and O–H groups in total. The fourth-order valence-electron chi connectivity index (χ4n) is 1.98. The number of nitrogens with one attached hydrogen (secondary N) is 1. The summed E-state index contributed by atoms with van der Waals surface area (Å²) in [5.74, 6) is -0.663. The number of hydrogen-bond acceptors (Lipinski definition) is 3. The molecule has 0 aliphatic rings. The van der Waals surface area contributed by atoms with Gasteiger partial charge >= 0.3 is 0 Å². The molecular formula is C18H19ClN2O2. The van der Waals surface area contributed by atoms with Crippen LogP contribution in [0, 0.1) is 0 Å². The molecule has 2 rings (SSSR count). The van der Waals surface area contributed by atoms with E-state index < -0.39 is 5.91 Å². The molecule has 0 fully saturated rings. The van der Waals surface area contributed by atoms with Crippen molar-refractivity contribution in [3.63, 3.8) is 0 Å². The zero-order chi connectivity index (χ0) is 17.0. The number of amides is 1. The average Bonchev–Trinajstić information content (AvgIpc) is 2.49. The van der Waals surface area contributed by atoms with Gasteiger partial charge in [0.05, 0.1) is 11.8 Å². The van der Waals surface area contributed by atoms with E-state index in [-0.39, 0.29) is 16.7 Å². The van der Waals surface area contributed by atoms with E-state index in [0.717, 1.165) is 5.56 Å². The SMILES string of the molecule is CC(C)(C)c1ccc(C=NNC(=O)c2cc(Cl)ccc2O)cc1. The first-order valence-electron chi connectivity index (χ1n) is 7.20. The third-order valence-electron chi connectivity index (χ3n) is 3.36. The zero-order valence-electron chi connectivity index (χ0n) is 13.3. The Bertz CT molecular complexity index is 732. The van der Waals surface area contributed by atoms with E-state index in [4.69, 9.17) is 11.6 Å². The smallest absolute Gasteiger partial charge is 0.275 e. The number of nitrogens with zero attached hydrogens (tertiary/aromatic N) is 1. The Morgan fingerprint density at radius 1 is 1.17 bits per heavy atom. The first kappa shape index (κ1) is 17.0. The summed E-state index contributed by atoms with van der Waals surface area (Å²) in [6, 6.07) is 12.2. The van der Waals surface area contributed by atoms with Gasteiger partial charge in [-0.2, -0.15) is 5.10 Å². The van der Waals surface area contributed by atoms with Crippen molar-refractivity contribution < 1.29 is 9.90 Å². The lowest BCUT2D eigenvalue weighted by Crippen LogP contribution is -2.17. The second kappa shape index (κ2) is 6.84. The summed E-state index contributed by atoms with van der Waals surface area (Å²) in [5, 5.41) is 13.9. The molecule has 0 saturated heterocycles. The molecule has 120 valence electrons. The number of benzene rings is 2. The van der Waals surface area contributed by atoms with Crippen molar-refractivity contribution in [3.8, 4) is 5.75 Å². The predicted molar refractivity (Wildman–Crippen MR) is 93.3 cm³/mol. The van der Waals surface area contributed by atoms with Crippen LogP contribution in [0.3, 0.4) is 0 Å². The lowest BCUT2D eigenvalue weighted by atomic mass is 9.87. The van der Waals surface area contributed by atoms with Crippen molar-refractivity contribution in [1.82, 2.24) is 5.43 Å². The van der Waals surface area contributed by atoms with Gasteiger partial charge < -0.3 is 5.11 Å². The molecule has 0 bridgehead atoms. The molecule has 0 atom stereocenters. The van der Waals surface area contributed by atoms with E-state index in [1.807, 2.05) is 24.3 Å². The van der Waals surface area contributed by atoms with Gasteiger partial charge in [0, 0.05) is 5.02 Å². The third kappa shape index (κ3) is 4.57. The standard InChI is InChI=1S/C18H19ClN2O2/c1-18(2,3)13-6-4-12(5-7-13)11-20-21-17(23)15-10-14(19)8-9-16(15)22/h4-11,22H,1-3H3,(H,21,23). The quantitative estimate of drug-likeness (QED) is 0.657. The number of phenolic OH excluding ortho intramolecular Hbond substituents is 1. The first-order chi connectivity index (χ1) is 10.8. The van der Waals surface area contributed by atoms with E-state index in [1.165, 1.54) is 23.8 Å². The van der Waals surface area contributed by atoms with E-state index in [9.17, 15) is 9.90 Å². The highest BCUT2D eigenvalue weighted by Crippen LogP contribution is 2.22. The summed E-state index contributed by atoms with van der Waals surface area (Å²) in [6.07, 6.45) is 1.55. The minimum atomic E-state index is -0.521. The van der Waals surface area contributed by atoms with Crippen LogP contribution in [0.1, 0.15) is 42.3 Å². The van der Waals surface area contributed by atoms with Crippen LogP contribution >= 0.6 is 11.6 Å².